The predicted molar refractivity (Wildman–Crippen MR) is 55.5 cm³/mol. The highest BCUT2D eigenvalue weighted by atomic mass is 16.4. The maximum Gasteiger partial charge on any atom is 0.306 e. The molecular weight excluding hydrogens is 212 g/mol. The molecule has 0 spiro atoms. The molecule has 1 aliphatic rings. The van der Waals surface area contributed by atoms with Gasteiger partial charge in [-0.25, -0.2) is 0 Å². The Balaban J connectivity index is 2.34. The van der Waals surface area contributed by atoms with Crippen LogP contribution in [-0.4, -0.2) is 36.5 Å². The van der Waals surface area contributed by atoms with Gasteiger partial charge in [0.2, 0.25) is 11.8 Å². The number of aliphatic carboxylic acids is 1. The molecule has 0 aromatic rings. The van der Waals surface area contributed by atoms with E-state index in [2.05, 4.69) is 10.6 Å². The zero-order chi connectivity index (χ0) is 12.1. The molecule has 6 nitrogen and oxygen atoms in total. The van der Waals surface area contributed by atoms with Crippen molar-refractivity contribution in [1.82, 2.24) is 10.6 Å². The van der Waals surface area contributed by atoms with Crippen molar-refractivity contribution in [1.29, 1.82) is 0 Å². The number of rotatable bonds is 4. The molecule has 3 N–H and O–H groups in total. The number of carbonyl (C=O) groups is 3. The highest BCUT2D eigenvalue weighted by molar-refractivity contribution is 5.86. The van der Waals surface area contributed by atoms with Crippen molar-refractivity contribution in [2.45, 2.75) is 19.3 Å². The lowest BCUT2D eigenvalue weighted by atomic mass is 10.0. The Kier molecular flexibility index (Phi) is 4.28. The van der Waals surface area contributed by atoms with Gasteiger partial charge in [-0.3, -0.25) is 14.4 Å². The summed E-state index contributed by atoms with van der Waals surface area (Å²) in [6.45, 7) is -0.0520. The summed E-state index contributed by atoms with van der Waals surface area (Å²) in [5.41, 5.74) is 0. The van der Waals surface area contributed by atoms with Crippen LogP contribution < -0.4 is 10.6 Å². The van der Waals surface area contributed by atoms with Gasteiger partial charge in [0.1, 0.15) is 0 Å². The zero-order valence-corrected chi connectivity index (χ0v) is 9.16. The van der Waals surface area contributed by atoms with Crippen molar-refractivity contribution in [3.05, 3.63) is 0 Å². The third-order valence-corrected chi connectivity index (χ3v) is 2.85. The molecule has 1 aliphatic carbocycles. The summed E-state index contributed by atoms with van der Waals surface area (Å²) in [7, 11) is 1.49. The van der Waals surface area contributed by atoms with E-state index in [9.17, 15) is 14.4 Å². The average Bonchev–Trinajstić information content (AvgIpc) is 2.74. The maximum atomic E-state index is 11.5. The van der Waals surface area contributed by atoms with Gasteiger partial charge in [0.15, 0.2) is 0 Å². The second-order valence-electron chi connectivity index (χ2n) is 3.94. The smallest absolute Gasteiger partial charge is 0.306 e. The summed E-state index contributed by atoms with van der Waals surface area (Å²) >= 11 is 0. The van der Waals surface area contributed by atoms with Crippen LogP contribution in [0.1, 0.15) is 19.3 Å². The van der Waals surface area contributed by atoms with Crippen molar-refractivity contribution in [3.8, 4) is 0 Å². The molecular formula is C10H16N2O4. The fraction of sp³-hybridized carbons (Fsp3) is 0.700. The van der Waals surface area contributed by atoms with Crippen molar-refractivity contribution >= 4 is 17.8 Å². The highest BCUT2D eigenvalue weighted by Gasteiger charge is 2.33. The largest absolute Gasteiger partial charge is 0.481 e. The molecule has 2 amide bonds. The van der Waals surface area contributed by atoms with E-state index in [0.29, 0.717) is 19.3 Å². The van der Waals surface area contributed by atoms with Gasteiger partial charge in [-0.1, -0.05) is 0 Å². The summed E-state index contributed by atoms with van der Waals surface area (Å²) in [5.74, 6) is -2.03. The minimum Gasteiger partial charge on any atom is -0.481 e. The van der Waals surface area contributed by atoms with Gasteiger partial charge in [-0.2, -0.15) is 0 Å². The number of carboxylic acids is 1. The van der Waals surface area contributed by atoms with E-state index in [-0.39, 0.29) is 24.3 Å². The molecule has 0 saturated heterocycles. The molecule has 2 atom stereocenters. The lowest BCUT2D eigenvalue weighted by Crippen LogP contribution is -2.38. The van der Waals surface area contributed by atoms with Crippen molar-refractivity contribution in [3.63, 3.8) is 0 Å². The standard InChI is InChI=1S/C10H16N2O4/c1-11-8(13)5-12-9(14)6-2-3-7(4-6)10(15)16/h6-7H,2-5H2,1H3,(H,11,13)(H,12,14)(H,15,16). The van der Waals surface area contributed by atoms with Gasteiger partial charge >= 0.3 is 5.97 Å². The van der Waals surface area contributed by atoms with Crippen molar-refractivity contribution < 1.29 is 19.5 Å². The monoisotopic (exact) mass is 228 g/mol. The number of nitrogens with one attached hydrogen (secondary N) is 2. The first-order valence-electron chi connectivity index (χ1n) is 5.25. The minimum atomic E-state index is -0.846. The number of hydrogen-bond acceptors (Lipinski definition) is 3. The predicted octanol–water partition coefficient (Wildman–Crippen LogP) is -0.651. The summed E-state index contributed by atoms with van der Waals surface area (Å²) in [5, 5.41) is 13.7. The van der Waals surface area contributed by atoms with E-state index in [4.69, 9.17) is 5.11 Å². The molecule has 0 bridgehead atoms. The van der Waals surface area contributed by atoms with Gasteiger partial charge in [-0.05, 0) is 19.3 Å². The Labute approximate surface area is 93.4 Å². The molecule has 0 heterocycles. The van der Waals surface area contributed by atoms with E-state index in [0.717, 1.165) is 0 Å². The summed E-state index contributed by atoms with van der Waals surface area (Å²) in [6, 6.07) is 0. The normalized spacial score (nSPS) is 23.8. The Hall–Kier alpha value is -1.59. The van der Waals surface area contributed by atoms with Crippen LogP contribution in [0.25, 0.3) is 0 Å². The van der Waals surface area contributed by atoms with Gasteiger partial charge in [-0.15, -0.1) is 0 Å². The zero-order valence-electron chi connectivity index (χ0n) is 9.16. The van der Waals surface area contributed by atoms with Gasteiger partial charge in [0.25, 0.3) is 0 Å². The number of amides is 2. The van der Waals surface area contributed by atoms with E-state index >= 15 is 0 Å². The number of carboxylic acid groups (broad SMARTS) is 1. The molecule has 2 unspecified atom stereocenters. The molecule has 0 aromatic carbocycles. The molecule has 1 rings (SSSR count). The van der Waals surface area contributed by atoms with Crippen LogP contribution in [0.3, 0.4) is 0 Å². The number of carbonyl (C=O) groups excluding carboxylic acids is 2. The Bertz CT molecular complexity index is 303. The van der Waals surface area contributed by atoms with Crippen molar-refractivity contribution in [2.75, 3.05) is 13.6 Å². The first-order chi connectivity index (χ1) is 7.54. The van der Waals surface area contributed by atoms with E-state index < -0.39 is 11.9 Å². The topological polar surface area (TPSA) is 95.5 Å². The van der Waals surface area contributed by atoms with Gasteiger partial charge in [0.05, 0.1) is 12.5 Å². The average molecular weight is 228 g/mol. The molecule has 1 fully saturated rings. The van der Waals surface area contributed by atoms with Gasteiger partial charge in [0, 0.05) is 13.0 Å². The minimum absolute atomic E-state index is 0.0520. The second-order valence-corrected chi connectivity index (χ2v) is 3.94. The molecule has 90 valence electrons. The SMILES string of the molecule is CNC(=O)CNC(=O)C1CCC(C(=O)O)C1. The van der Waals surface area contributed by atoms with Crippen LogP contribution in [0, 0.1) is 11.8 Å². The van der Waals surface area contributed by atoms with Crippen LogP contribution >= 0.6 is 0 Å². The molecule has 0 aliphatic heterocycles. The Morgan fingerprint density at radius 2 is 1.88 bits per heavy atom. The highest BCUT2D eigenvalue weighted by Crippen LogP contribution is 2.30. The second kappa shape index (κ2) is 5.48. The quantitative estimate of drug-likeness (QED) is 0.595. The van der Waals surface area contributed by atoms with Crippen LogP contribution in [0.5, 0.6) is 0 Å². The van der Waals surface area contributed by atoms with E-state index in [1.807, 2.05) is 0 Å². The molecule has 1 saturated carbocycles. The number of likely N-dealkylation sites (N-methyl/N-ethyl adjacent to an activating group) is 1. The summed E-state index contributed by atoms with van der Waals surface area (Å²) in [6.07, 6.45) is 1.48. The molecule has 0 radical (unpaired) electrons. The van der Waals surface area contributed by atoms with Crippen molar-refractivity contribution in [2.24, 2.45) is 11.8 Å². The fourth-order valence-corrected chi connectivity index (χ4v) is 1.84. The van der Waals surface area contributed by atoms with Crippen LogP contribution in [0.4, 0.5) is 0 Å². The van der Waals surface area contributed by atoms with Crippen LogP contribution in [0.15, 0.2) is 0 Å². The fourth-order valence-electron chi connectivity index (χ4n) is 1.84. The Morgan fingerprint density at radius 3 is 2.38 bits per heavy atom. The third-order valence-electron chi connectivity index (χ3n) is 2.85. The van der Waals surface area contributed by atoms with E-state index in [1.54, 1.807) is 0 Å². The van der Waals surface area contributed by atoms with Gasteiger partial charge < -0.3 is 15.7 Å². The number of hydrogen-bond donors (Lipinski definition) is 3. The van der Waals surface area contributed by atoms with Crippen LogP contribution in [0.2, 0.25) is 0 Å². The lowest BCUT2D eigenvalue weighted by Gasteiger charge is -2.09. The summed E-state index contributed by atoms with van der Waals surface area (Å²) < 4.78 is 0. The first-order valence-corrected chi connectivity index (χ1v) is 5.25. The molecule has 0 aromatic heterocycles. The first kappa shape index (κ1) is 12.5. The Morgan fingerprint density at radius 1 is 1.25 bits per heavy atom. The van der Waals surface area contributed by atoms with E-state index in [1.165, 1.54) is 7.05 Å². The summed E-state index contributed by atoms with van der Waals surface area (Å²) in [4.78, 5) is 33.1. The molecule has 6 heteroatoms. The van der Waals surface area contributed by atoms with Crippen LogP contribution in [-0.2, 0) is 14.4 Å². The third kappa shape index (κ3) is 3.22. The molecule has 16 heavy (non-hydrogen) atoms. The maximum absolute atomic E-state index is 11.5. The lowest BCUT2D eigenvalue weighted by molar-refractivity contribution is -0.141.